The third-order valence-corrected chi connectivity index (χ3v) is 5.51. The van der Waals surface area contributed by atoms with Gasteiger partial charge in [-0.3, -0.25) is 0 Å². The van der Waals surface area contributed by atoms with Crippen molar-refractivity contribution in [1.82, 2.24) is 20.2 Å². The Hall–Kier alpha value is -2.97. The number of nitrogens with zero attached hydrogens (tertiary/aromatic N) is 4. The summed E-state index contributed by atoms with van der Waals surface area (Å²) in [4.78, 5) is 25.1. The SMILES string of the molecule is COc1cc2c(N3CCC(N4CCNC4=O)CC3)ncnc2c(OC)c1OC. The van der Waals surface area contributed by atoms with Crippen LogP contribution in [0.4, 0.5) is 10.6 Å². The average Bonchev–Trinajstić information content (AvgIpc) is 3.17. The molecule has 1 aromatic heterocycles. The van der Waals surface area contributed by atoms with E-state index in [4.69, 9.17) is 14.2 Å². The standard InChI is InChI=1S/C19H25N5O4/c1-26-14-10-13-15(17(28-3)16(14)27-2)21-11-22-18(13)23-7-4-12(5-8-23)24-9-6-20-19(24)25/h10-12H,4-9H2,1-3H3,(H,20,25). The van der Waals surface area contributed by atoms with Crippen molar-refractivity contribution in [2.45, 2.75) is 18.9 Å². The van der Waals surface area contributed by atoms with E-state index in [1.54, 1.807) is 27.7 Å². The summed E-state index contributed by atoms with van der Waals surface area (Å²) in [6.45, 7) is 3.15. The lowest BCUT2D eigenvalue weighted by molar-refractivity contribution is 0.186. The van der Waals surface area contributed by atoms with Gasteiger partial charge in [-0.25, -0.2) is 14.8 Å². The normalized spacial score (nSPS) is 17.8. The highest BCUT2D eigenvalue weighted by molar-refractivity contribution is 5.97. The number of ether oxygens (including phenoxy) is 3. The summed E-state index contributed by atoms with van der Waals surface area (Å²) in [6.07, 6.45) is 3.36. The average molecular weight is 387 g/mol. The first-order valence-electron chi connectivity index (χ1n) is 9.41. The molecular weight excluding hydrogens is 362 g/mol. The Balaban J connectivity index is 1.65. The molecule has 2 amide bonds. The Labute approximate surface area is 163 Å². The van der Waals surface area contributed by atoms with Crippen LogP contribution in [0.25, 0.3) is 10.9 Å². The molecule has 0 saturated carbocycles. The Morgan fingerprint density at radius 1 is 1.04 bits per heavy atom. The number of benzene rings is 1. The summed E-state index contributed by atoms with van der Waals surface area (Å²) in [7, 11) is 4.76. The molecule has 1 aromatic carbocycles. The molecule has 2 aromatic rings. The van der Waals surface area contributed by atoms with Crippen LogP contribution in [0.1, 0.15) is 12.8 Å². The van der Waals surface area contributed by atoms with E-state index >= 15 is 0 Å². The van der Waals surface area contributed by atoms with E-state index in [1.165, 1.54) is 0 Å². The van der Waals surface area contributed by atoms with Crippen LogP contribution in [0.15, 0.2) is 12.4 Å². The van der Waals surface area contributed by atoms with Crippen molar-refractivity contribution in [3.63, 3.8) is 0 Å². The predicted octanol–water partition coefficient (Wildman–Crippen LogP) is 1.65. The van der Waals surface area contributed by atoms with Crippen LogP contribution in [-0.2, 0) is 0 Å². The van der Waals surface area contributed by atoms with Crippen molar-refractivity contribution in [3.8, 4) is 17.2 Å². The van der Waals surface area contributed by atoms with E-state index in [9.17, 15) is 4.79 Å². The number of hydrogen-bond acceptors (Lipinski definition) is 7. The Morgan fingerprint density at radius 2 is 1.79 bits per heavy atom. The summed E-state index contributed by atoms with van der Waals surface area (Å²) in [6, 6.07) is 2.22. The number of fused-ring (bicyclic) bond motifs is 1. The molecule has 1 N–H and O–H groups in total. The molecule has 9 nitrogen and oxygen atoms in total. The zero-order valence-electron chi connectivity index (χ0n) is 16.4. The molecule has 28 heavy (non-hydrogen) atoms. The van der Waals surface area contributed by atoms with Gasteiger partial charge in [0.2, 0.25) is 5.75 Å². The van der Waals surface area contributed by atoms with Gasteiger partial charge in [0, 0.05) is 32.2 Å². The molecule has 2 saturated heterocycles. The van der Waals surface area contributed by atoms with Crippen LogP contribution in [0.5, 0.6) is 17.2 Å². The molecule has 3 heterocycles. The summed E-state index contributed by atoms with van der Waals surface area (Å²) in [5, 5.41) is 3.74. The Morgan fingerprint density at radius 3 is 2.39 bits per heavy atom. The molecule has 4 rings (SSSR count). The third kappa shape index (κ3) is 3.00. The summed E-state index contributed by atoms with van der Waals surface area (Å²) in [5.74, 6) is 2.46. The first-order valence-corrected chi connectivity index (χ1v) is 9.41. The van der Waals surface area contributed by atoms with Crippen molar-refractivity contribution in [1.29, 1.82) is 0 Å². The zero-order chi connectivity index (χ0) is 19.7. The lowest BCUT2D eigenvalue weighted by Crippen LogP contribution is -2.46. The number of piperidine rings is 1. The van der Waals surface area contributed by atoms with Crippen molar-refractivity contribution < 1.29 is 19.0 Å². The Kier molecular flexibility index (Phi) is 4.97. The minimum atomic E-state index is 0.0486. The highest BCUT2D eigenvalue weighted by atomic mass is 16.5. The number of methoxy groups -OCH3 is 3. The van der Waals surface area contributed by atoms with Gasteiger partial charge in [-0.05, 0) is 18.9 Å². The molecule has 2 aliphatic rings. The number of amides is 2. The van der Waals surface area contributed by atoms with Gasteiger partial charge in [0.25, 0.3) is 0 Å². The second kappa shape index (κ2) is 7.57. The van der Waals surface area contributed by atoms with Crippen LogP contribution >= 0.6 is 0 Å². The van der Waals surface area contributed by atoms with E-state index < -0.39 is 0 Å². The summed E-state index contributed by atoms with van der Waals surface area (Å²) >= 11 is 0. The van der Waals surface area contributed by atoms with E-state index in [-0.39, 0.29) is 12.1 Å². The first-order chi connectivity index (χ1) is 13.7. The van der Waals surface area contributed by atoms with Crippen molar-refractivity contribution >= 4 is 22.8 Å². The topological polar surface area (TPSA) is 89.1 Å². The zero-order valence-corrected chi connectivity index (χ0v) is 16.4. The molecule has 2 fully saturated rings. The van der Waals surface area contributed by atoms with Crippen molar-refractivity contribution in [3.05, 3.63) is 12.4 Å². The predicted molar refractivity (Wildman–Crippen MR) is 105 cm³/mol. The molecule has 0 radical (unpaired) electrons. The summed E-state index contributed by atoms with van der Waals surface area (Å²) in [5.41, 5.74) is 0.686. The highest BCUT2D eigenvalue weighted by Crippen LogP contribution is 2.44. The molecular formula is C19H25N5O4. The van der Waals surface area contributed by atoms with Crippen molar-refractivity contribution in [2.24, 2.45) is 0 Å². The first kappa shape index (κ1) is 18.4. The van der Waals surface area contributed by atoms with Crippen molar-refractivity contribution in [2.75, 3.05) is 52.4 Å². The molecule has 0 unspecified atom stereocenters. The lowest BCUT2D eigenvalue weighted by atomic mass is 10.0. The van der Waals surface area contributed by atoms with Gasteiger partial charge in [0.15, 0.2) is 11.5 Å². The van der Waals surface area contributed by atoms with E-state index in [0.29, 0.717) is 22.8 Å². The maximum atomic E-state index is 11.9. The quantitative estimate of drug-likeness (QED) is 0.834. The summed E-state index contributed by atoms with van der Waals surface area (Å²) < 4.78 is 16.5. The van der Waals surface area contributed by atoms with Gasteiger partial charge in [0.1, 0.15) is 17.7 Å². The van der Waals surface area contributed by atoms with Gasteiger partial charge < -0.3 is 29.3 Å². The lowest BCUT2D eigenvalue weighted by Gasteiger charge is -2.37. The van der Waals surface area contributed by atoms with Crippen LogP contribution < -0.4 is 24.4 Å². The fourth-order valence-corrected chi connectivity index (χ4v) is 4.13. The molecule has 2 aliphatic heterocycles. The third-order valence-electron chi connectivity index (χ3n) is 5.51. The fraction of sp³-hybridized carbons (Fsp3) is 0.526. The number of aromatic nitrogens is 2. The van der Waals surface area contributed by atoms with Crippen LogP contribution in [0, 0.1) is 0 Å². The minimum absolute atomic E-state index is 0.0486. The van der Waals surface area contributed by atoms with E-state index in [1.807, 2.05) is 11.0 Å². The number of anilines is 1. The second-order valence-electron chi connectivity index (χ2n) is 6.88. The monoisotopic (exact) mass is 387 g/mol. The number of hydrogen-bond donors (Lipinski definition) is 1. The van der Waals surface area contributed by atoms with Gasteiger partial charge in [-0.2, -0.15) is 0 Å². The molecule has 150 valence electrons. The Bertz CT molecular complexity index is 882. The van der Waals surface area contributed by atoms with Gasteiger partial charge in [-0.1, -0.05) is 0 Å². The molecule has 0 aliphatic carbocycles. The van der Waals surface area contributed by atoms with E-state index in [0.717, 1.165) is 50.2 Å². The van der Waals surface area contributed by atoms with E-state index in [2.05, 4.69) is 20.2 Å². The second-order valence-corrected chi connectivity index (χ2v) is 6.88. The number of nitrogens with one attached hydrogen (secondary N) is 1. The van der Waals surface area contributed by atoms with Gasteiger partial charge in [0.05, 0.1) is 26.7 Å². The van der Waals surface area contributed by atoms with Gasteiger partial charge >= 0.3 is 6.03 Å². The van der Waals surface area contributed by atoms with Crippen LogP contribution in [-0.4, -0.2) is 74.4 Å². The highest BCUT2D eigenvalue weighted by Gasteiger charge is 2.31. The molecule has 9 heteroatoms. The fourth-order valence-electron chi connectivity index (χ4n) is 4.13. The van der Waals surface area contributed by atoms with Gasteiger partial charge in [-0.15, -0.1) is 0 Å². The van der Waals surface area contributed by atoms with Crippen LogP contribution in [0.3, 0.4) is 0 Å². The maximum Gasteiger partial charge on any atom is 0.317 e. The molecule has 0 bridgehead atoms. The number of urea groups is 1. The maximum absolute atomic E-state index is 11.9. The molecule has 0 atom stereocenters. The smallest absolute Gasteiger partial charge is 0.317 e. The largest absolute Gasteiger partial charge is 0.493 e. The number of rotatable bonds is 5. The molecule has 0 spiro atoms. The van der Waals surface area contributed by atoms with Crippen LogP contribution in [0.2, 0.25) is 0 Å². The minimum Gasteiger partial charge on any atom is -0.493 e. The number of carbonyl (C=O) groups excluding carboxylic acids is 1. The number of carbonyl (C=O) groups is 1.